The number of nitrogens with one attached hydrogen (secondary N) is 1. The van der Waals surface area contributed by atoms with Crippen molar-refractivity contribution in [1.82, 2.24) is 5.32 Å². The van der Waals surface area contributed by atoms with Crippen molar-refractivity contribution in [2.45, 2.75) is 58.0 Å². The molecule has 116 valence electrons. The van der Waals surface area contributed by atoms with Gasteiger partial charge in [-0.15, -0.1) is 0 Å². The van der Waals surface area contributed by atoms with Crippen LogP contribution in [0.2, 0.25) is 0 Å². The minimum absolute atomic E-state index is 0.0780. The minimum Gasteiger partial charge on any atom is -0.508 e. The predicted molar refractivity (Wildman–Crippen MR) is 84.0 cm³/mol. The van der Waals surface area contributed by atoms with Gasteiger partial charge < -0.3 is 16.2 Å². The summed E-state index contributed by atoms with van der Waals surface area (Å²) in [5.74, 6) is 0.145. The molecule has 1 aliphatic carbocycles. The molecule has 1 fully saturated rings. The Morgan fingerprint density at radius 1 is 1.43 bits per heavy atom. The molecule has 2 rings (SSSR count). The summed E-state index contributed by atoms with van der Waals surface area (Å²) in [5.41, 5.74) is 7.26. The first-order valence-corrected chi connectivity index (χ1v) is 7.70. The molecule has 1 unspecified atom stereocenters. The smallest absolute Gasteiger partial charge is 0.237 e. The molecular formula is C17H26N2O2. The van der Waals surface area contributed by atoms with Crippen molar-refractivity contribution in [3.63, 3.8) is 0 Å². The SMILES string of the molecule is CC1(C)CCCC(NC(=O)[C@H](N)Cc2ccc(O)cc2)C1. The summed E-state index contributed by atoms with van der Waals surface area (Å²) >= 11 is 0. The number of nitrogens with two attached hydrogens (primary N) is 1. The third kappa shape index (κ3) is 4.74. The third-order valence-corrected chi connectivity index (χ3v) is 4.28. The average Bonchev–Trinajstić information content (AvgIpc) is 2.40. The molecule has 1 amide bonds. The number of amides is 1. The predicted octanol–water partition coefficient (Wildman–Crippen LogP) is 2.35. The molecule has 4 N–H and O–H groups in total. The van der Waals surface area contributed by atoms with Crippen molar-refractivity contribution in [2.75, 3.05) is 0 Å². The second-order valence-corrected chi connectivity index (χ2v) is 6.94. The van der Waals surface area contributed by atoms with E-state index in [0.717, 1.165) is 24.8 Å². The van der Waals surface area contributed by atoms with Crippen LogP contribution in [-0.4, -0.2) is 23.1 Å². The van der Waals surface area contributed by atoms with Crippen molar-refractivity contribution in [3.8, 4) is 5.75 Å². The van der Waals surface area contributed by atoms with Gasteiger partial charge in [0, 0.05) is 6.04 Å². The molecule has 21 heavy (non-hydrogen) atoms. The normalized spacial score (nSPS) is 22.5. The minimum atomic E-state index is -0.542. The zero-order valence-electron chi connectivity index (χ0n) is 12.9. The van der Waals surface area contributed by atoms with Crippen LogP contribution in [0.5, 0.6) is 5.75 Å². The second-order valence-electron chi connectivity index (χ2n) is 6.94. The summed E-state index contributed by atoms with van der Waals surface area (Å²) in [6.07, 6.45) is 4.93. The molecule has 1 aliphatic rings. The number of hydrogen-bond acceptors (Lipinski definition) is 3. The first-order chi connectivity index (χ1) is 9.85. The maximum atomic E-state index is 12.2. The van der Waals surface area contributed by atoms with E-state index >= 15 is 0 Å². The van der Waals surface area contributed by atoms with Crippen molar-refractivity contribution >= 4 is 5.91 Å². The van der Waals surface area contributed by atoms with Crippen LogP contribution in [0.15, 0.2) is 24.3 Å². The molecule has 0 saturated heterocycles. The van der Waals surface area contributed by atoms with Gasteiger partial charge in [-0.1, -0.05) is 32.4 Å². The van der Waals surface area contributed by atoms with Crippen LogP contribution in [0.4, 0.5) is 0 Å². The van der Waals surface area contributed by atoms with Crippen LogP contribution in [0.1, 0.15) is 45.1 Å². The molecule has 4 heteroatoms. The zero-order valence-corrected chi connectivity index (χ0v) is 12.9. The number of carbonyl (C=O) groups is 1. The highest BCUT2D eigenvalue weighted by molar-refractivity contribution is 5.82. The molecule has 0 radical (unpaired) electrons. The summed E-state index contributed by atoms with van der Waals surface area (Å²) in [6.45, 7) is 4.50. The molecule has 0 bridgehead atoms. The van der Waals surface area contributed by atoms with E-state index in [1.165, 1.54) is 6.42 Å². The van der Waals surface area contributed by atoms with Crippen LogP contribution in [0, 0.1) is 5.41 Å². The highest BCUT2D eigenvalue weighted by Gasteiger charge is 2.29. The lowest BCUT2D eigenvalue weighted by atomic mass is 9.75. The van der Waals surface area contributed by atoms with Crippen molar-refractivity contribution in [3.05, 3.63) is 29.8 Å². The standard InChI is InChI=1S/C17H26N2O2/c1-17(2)9-3-4-13(11-17)19-16(21)15(18)10-12-5-7-14(20)8-6-12/h5-8,13,15,20H,3-4,9-11,18H2,1-2H3,(H,19,21)/t13?,15-/m1/s1. The number of aromatic hydroxyl groups is 1. The van der Waals surface area contributed by atoms with Crippen LogP contribution in [0.3, 0.4) is 0 Å². The molecule has 1 aromatic rings. The van der Waals surface area contributed by atoms with Crippen LogP contribution in [-0.2, 0) is 11.2 Å². The number of carbonyl (C=O) groups excluding carboxylic acids is 1. The molecule has 0 aromatic heterocycles. The number of phenolic OH excluding ortho intramolecular Hbond substituents is 1. The Morgan fingerprint density at radius 2 is 2.10 bits per heavy atom. The third-order valence-electron chi connectivity index (χ3n) is 4.28. The fourth-order valence-electron chi connectivity index (χ4n) is 3.11. The van der Waals surface area contributed by atoms with Gasteiger partial charge in [-0.05, 0) is 48.8 Å². The Hall–Kier alpha value is -1.55. The first kappa shape index (κ1) is 15.8. The average molecular weight is 290 g/mol. The first-order valence-electron chi connectivity index (χ1n) is 7.70. The number of rotatable bonds is 4. The lowest BCUT2D eigenvalue weighted by Crippen LogP contribution is -2.48. The van der Waals surface area contributed by atoms with Gasteiger partial charge in [0.05, 0.1) is 6.04 Å². The lowest BCUT2D eigenvalue weighted by Gasteiger charge is -2.36. The Bertz CT molecular complexity index is 482. The molecule has 0 aliphatic heterocycles. The molecule has 2 atom stereocenters. The molecule has 4 nitrogen and oxygen atoms in total. The van der Waals surface area contributed by atoms with E-state index in [-0.39, 0.29) is 17.7 Å². The summed E-state index contributed by atoms with van der Waals surface area (Å²) in [5, 5.41) is 12.3. The summed E-state index contributed by atoms with van der Waals surface area (Å²) in [7, 11) is 0. The topological polar surface area (TPSA) is 75.4 Å². The molecule has 0 heterocycles. The van der Waals surface area contributed by atoms with E-state index in [4.69, 9.17) is 5.73 Å². The summed E-state index contributed by atoms with van der Waals surface area (Å²) in [6, 6.07) is 6.53. The number of benzene rings is 1. The van der Waals surface area contributed by atoms with Gasteiger partial charge in [0.25, 0.3) is 0 Å². The molecule has 1 saturated carbocycles. The highest BCUT2D eigenvalue weighted by atomic mass is 16.3. The molecule has 1 aromatic carbocycles. The van der Waals surface area contributed by atoms with Gasteiger partial charge in [0.15, 0.2) is 0 Å². The van der Waals surface area contributed by atoms with E-state index in [1.807, 2.05) is 0 Å². The molecular weight excluding hydrogens is 264 g/mol. The van der Waals surface area contributed by atoms with Crippen molar-refractivity contribution in [2.24, 2.45) is 11.1 Å². The summed E-state index contributed by atoms with van der Waals surface area (Å²) < 4.78 is 0. The fourth-order valence-corrected chi connectivity index (χ4v) is 3.11. The van der Waals surface area contributed by atoms with Gasteiger partial charge in [-0.3, -0.25) is 4.79 Å². The van der Waals surface area contributed by atoms with Crippen LogP contribution >= 0.6 is 0 Å². The Labute approximate surface area is 126 Å². The van der Waals surface area contributed by atoms with Crippen LogP contribution in [0.25, 0.3) is 0 Å². The van der Waals surface area contributed by atoms with Gasteiger partial charge in [-0.25, -0.2) is 0 Å². The van der Waals surface area contributed by atoms with E-state index in [2.05, 4.69) is 19.2 Å². The number of phenols is 1. The number of hydrogen-bond donors (Lipinski definition) is 3. The Balaban J connectivity index is 1.86. The monoisotopic (exact) mass is 290 g/mol. The van der Waals surface area contributed by atoms with E-state index in [0.29, 0.717) is 11.8 Å². The Morgan fingerprint density at radius 3 is 2.71 bits per heavy atom. The lowest BCUT2D eigenvalue weighted by molar-refractivity contribution is -0.123. The van der Waals surface area contributed by atoms with Gasteiger partial charge in [-0.2, -0.15) is 0 Å². The quantitative estimate of drug-likeness (QED) is 0.796. The summed E-state index contributed by atoms with van der Waals surface area (Å²) in [4.78, 5) is 12.2. The van der Waals surface area contributed by atoms with Crippen molar-refractivity contribution in [1.29, 1.82) is 0 Å². The van der Waals surface area contributed by atoms with Gasteiger partial charge in [0.1, 0.15) is 5.75 Å². The Kier molecular flexibility index (Phi) is 4.88. The maximum absolute atomic E-state index is 12.2. The van der Waals surface area contributed by atoms with E-state index in [9.17, 15) is 9.90 Å². The largest absolute Gasteiger partial charge is 0.508 e. The van der Waals surface area contributed by atoms with E-state index in [1.54, 1.807) is 24.3 Å². The maximum Gasteiger partial charge on any atom is 0.237 e. The second kappa shape index (κ2) is 6.48. The van der Waals surface area contributed by atoms with Crippen molar-refractivity contribution < 1.29 is 9.90 Å². The van der Waals surface area contributed by atoms with Gasteiger partial charge >= 0.3 is 0 Å². The fraction of sp³-hybridized carbons (Fsp3) is 0.588. The highest BCUT2D eigenvalue weighted by Crippen LogP contribution is 2.35. The molecule has 0 spiro atoms. The van der Waals surface area contributed by atoms with E-state index < -0.39 is 6.04 Å². The van der Waals surface area contributed by atoms with Crippen LogP contribution < -0.4 is 11.1 Å². The van der Waals surface area contributed by atoms with Gasteiger partial charge in [0.2, 0.25) is 5.91 Å². The zero-order chi connectivity index (χ0) is 15.5.